The van der Waals surface area contributed by atoms with E-state index in [1.165, 1.54) is 36.8 Å². The molecule has 0 amide bonds. The zero-order chi connectivity index (χ0) is 12.1. The fourth-order valence-corrected chi connectivity index (χ4v) is 3.00. The smallest absolute Gasteiger partial charge is 0.0303 e. The molecule has 0 spiro atoms. The highest BCUT2D eigenvalue weighted by Gasteiger charge is 2.26. The summed E-state index contributed by atoms with van der Waals surface area (Å²) in [6.07, 6.45) is 9.49. The van der Waals surface area contributed by atoms with Gasteiger partial charge in [-0.05, 0) is 55.8 Å². The van der Waals surface area contributed by atoms with Crippen LogP contribution in [0.5, 0.6) is 0 Å². The summed E-state index contributed by atoms with van der Waals surface area (Å²) in [4.78, 5) is 4.35. The molecule has 1 fully saturated rings. The fraction of sp³-hybridized carbons (Fsp3) is 0.667. The van der Waals surface area contributed by atoms with Crippen LogP contribution in [0.3, 0.4) is 0 Å². The van der Waals surface area contributed by atoms with Gasteiger partial charge in [-0.15, -0.1) is 0 Å². The zero-order valence-corrected chi connectivity index (χ0v) is 11.1. The van der Waals surface area contributed by atoms with Crippen molar-refractivity contribution in [1.29, 1.82) is 0 Å². The lowest BCUT2D eigenvalue weighted by molar-refractivity contribution is 0.297. The van der Waals surface area contributed by atoms with Crippen LogP contribution in [0.2, 0.25) is 0 Å². The van der Waals surface area contributed by atoms with Gasteiger partial charge in [0.1, 0.15) is 0 Å². The molecule has 2 rings (SSSR count). The quantitative estimate of drug-likeness (QED) is 0.861. The zero-order valence-electron chi connectivity index (χ0n) is 11.1. The maximum Gasteiger partial charge on any atom is 0.0303 e. The molecule has 0 aromatic carbocycles. The van der Waals surface area contributed by atoms with E-state index in [1.54, 1.807) is 0 Å². The Morgan fingerprint density at radius 1 is 1.29 bits per heavy atom. The normalized spacial score (nSPS) is 24.8. The molecule has 1 aromatic heterocycles. The highest BCUT2D eigenvalue weighted by Crippen LogP contribution is 2.37. The van der Waals surface area contributed by atoms with Crippen LogP contribution in [0.15, 0.2) is 18.5 Å². The second-order valence-corrected chi connectivity index (χ2v) is 5.25. The summed E-state index contributed by atoms with van der Waals surface area (Å²) in [5.41, 5.74) is 2.74. The highest BCUT2D eigenvalue weighted by molar-refractivity contribution is 5.22. The number of hydrogen-bond donors (Lipinski definition) is 1. The van der Waals surface area contributed by atoms with E-state index in [9.17, 15) is 0 Å². The maximum absolute atomic E-state index is 4.35. The Hall–Kier alpha value is -0.890. The van der Waals surface area contributed by atoms with Crippen LogP contribution in [0.25, 0.3) is 0 Å². The van der Waals surface area contributed by atoms with E-state index >= 15 is 0 Å². The van der Waals surface area contributed by atoms with Gasteiger partial charge >= 0.3 is 0 Å². The van der Waals surface area contributed by atoms with Gasteiger partial charge in [0.25, 0.3) is 0 Å². The fourth-order valence-electron chi connectivity index (χ4n) is 3.00. The molecule has 2 nitrogen and oxygen atoms in total. The standard InChI is InChI=1S/C15H24N2/c1-3-16-10-13-6-4-5-7-15(13)14-8-12(2)9-17-11-14/h8-9,11,13,15-16H,3-7,10H2,1-2H3. The largest absolute Gasteiger partial charge is 0.317 e. The predicted molar refractivity (Wildman–Crippen MR) is 72.2 cm³/mol. The Kier molecular flexibility index (Phi) is 4.55. The van der Waals surface area contributed by atoms with Gasteiger partial charge in [-0.3, -0.25) is 4.98 Å². The molecular formula is C15H24N2. The average molecular weight is 232 g/mol. The van der Waals surface area contributed by atoms with Crippen LogP contribution in [0.1, 0.15) is 49.7 Å². The van der Waals surface area contributed by atoms with E-state index in [4.69, 9.17) is 0 Å². The van der Waals surface area contributed by atoms with E-state index < -0.39 is 0 Å². The van der Waals surface area contributed by atoms with E-state index in [-0.39, 0.29) is 0 Å². The highest BCUT2D eigenvalue weighted by atomic mass is 14.8. The van der Waals surface area contributed by atoms with E-state index in [2.05, 4.69) is 36.4 Å². The second kappa shape index (κ2) is 6.15. The Morgan fingerprint density at radius 2 is 2.12 bits per heavy atom. The molecule has 17 heavy (non-hydrogen) atoms. The number of hydrogen-bond acceptors (Lipinski definition) is 2. The van der Waals surface area contributed by atoms with Crippen molar-refractivity contribution in [1.82, 2.24) is 10.3 Å². The molecule has 2 atom stereocenters. The third-order valence-electron chi connectivity index (χ3n) is 3.89. The molecule has 2 unspecified atom stereocenters. The van der Waals surface area contributed by atoms with Crippen molar-refractivity contribution >= 4 is 0 Å². The number of rotatable bonds is 4. The average Bonchev–Trinajstić information content (AvgIpc) is 2.37. The summed E-state index contributed by atoms with van der Waals surface area (Å²) >= 11 is 0. The Bertz CT molecular complexity index is 349. The summed E-state index contributed by atoms with van der Waals surface area (Å²) in [5, 5.41) is 3.51. The lowest BCUT2D eigenvalue weighted by Gasteiger charge is -2.32. The van der Waals surface area contributed by atoms with Gasteiger partial charge in [-0.25, -0.2) is 0 Å². The predicted octanol–water partition coefficient (Wildman–Crippen LogP) is 3.27. The van der Waals surface area contributed by atoms with Crippen LogP contribution in [0.4, 0.5) is 0 Å². The van der Waals surface area contributed by atoms with Crippen LogP contribution < -0.4 is 5.32 Å². The second-order valence-electron chi connectivity index (χ2n) is 5.25. The Morgan fingerprint density at radius 3 is 2.88 bits per heavy atom. The molecular weight excluding hydrogens is 208 g/mol. The van der Waals surface area contributed by atoms with Crippen molar-refractivity contribution in [3.05, 3.63) is 29.6 Å². The van der Waals surface area contributed by atoms with Crippen LogP contribution in [0, 0.1) is 12.8 Å². The molecule has 94 valence electrons. The molecule has 1 aliphatic rings. The van der Waals surface area contributed by atoms with Crippen molar-refractivity contribution in [2.24, 2.45) is 5.92 Å². The lowest BCUT2D eigenvalue weighted by Crippen LogP contribution is -2.29. The molecule has 1 N–H and O–H groups in total. The first-order valence-corrected chi connectivity index (χ1v) is 6.93. The van der Waals surface area contributed by atoms with Gasteiger partial charge in [-0.1, -0.05) is 25.8 Å². The summed E-state index contributed by atoms with van der Waals surface area (Å²) in [5.74, 6) is 1.52. The first-order valence-electron chi connectivity index (χ1n) is 6.93. The van der Waals surface area contributed by atoms with Gasteiger partial charge < -0.3 is 5.32 Å². The van der Waals surface area contributed by atoms with Crippen molar-refractivity contribution in [3.8, 4) is 0 Å². The van der Waals surface area contributed by atoms with Crippen LogP contribution in [-0.2, 0) is 0 Å². The minimum absolute atomic E-state index is 0.718. The lowest BCUT2D eigenvalue weighted by atomic mass is 9.75. The number of nitrogens with one attached hydrogen (secondary N) is 1. The molecule has 1 aromatic rings. The molecule has 1 saturated carbocycles. The number of aryl methyl sites for hydroxylation is 1. The van der Waals surface area contributed by atoms with Gasteiger partial charge in [0, 0.05) is 12.4 Å². The topological polar surface area (TPSA) is 24.9 Å². The Balaban J connectivity index is 2.10. The summed E-state index contributed by atoms with van der Waals surface area (Å²) < 4.78 is 0. The Labute approximate surface area is 105 Å². The van der Waals surface area contributed by atoms with Crippen molar-refractivity contribution in [2.45, 2.75) is 45.4 Å². The summed E-state index contributed by atoms with van der Waals surface area (Å²) in [6.45, 7) is 6.56. The van der Waals surface area contributed by atoms with Crippen molar-refractivity contribution in [3.63, 3.8) is 0 Å². The van der Waals surface area contributed by atoms with Gasteiger partial charge in [-0.2, -0.15) is 0 Å². The van der Waals surface area contributed by atoms with Gasteiger partial charge in [0.05, 0.1) is 0 Å². The van der Waals surface area contributed by atoms with E-state index in [0.29, 0.717) is 0 Å². The molecule has 0 saturated heterocycles. The minimum Gasteiger partial charge on any atom is -0.317 e. The molecule has 1 aliphatic carbocycles. The molecule has 0 aliphatic heterocycles. The van der Waals surface area contributed by atoms with Gasteiger partial charge in [0.2, 0.25) is 0 Å². The van der Waals surface area contributed by atoms with Gasteiger partial charge in [0.15, 0.2) is 0 Å². The number of aromatic nitrogens is 1. The van der Waals surface area contributed by atoms with E-state index in [1.807, 2.05) is 6.20 Å². The third-order valence-corrected chi connectivity index (χ3v) is 3.89. The van der Waals surface area contributed by atoms with Crippen molar-refractivity contribution < 1.29 is 0 Å². The molecule has 0 bridgehead atoms. The maximum atomic E-state index is 4.35. The summed E-state index contributed by atoms with van der Waals surface area (Å²) in [7, 11) is 0. The van der Waals surface area contributed by atoms with Crippen LogP contribution in [-0.4, -0.2) is 18.1 Å². The number of pyridine rings is 1. The monoisotopic (exact) mass is 232 g/mol. The first kappa shape index (κ1) is 12.6. The van der Waals surface area contributed by atoms with Crippen LogP contribution >= 0.6 is 0 Å². The molecule has 1 heterocycles. The van der Waals surface area contributed by atoms with E-state index in [0.717, 1.165) is 24.9 Å². The first-order chi connectivity index (χ1) is 8.31. The van der Waals surface area contributed by atoms with Crippen molar-refractivity contribution in [2.75, 3.05) is 13.1 Å². The summed E-state index contributed by atoms with van der Waals surface area (Å²) in [6, 6.07) is 2.32. The minimum atomic E-state index is 0.718. The third kappa shape index (κ3) is 3.29. The SMILES string of the molecule is CCNCC1CCCCC1c1cncc(C)c1. The molecule has 0 radical (unpaired) electrons. The molecule has 2 heteroatoms. The number of nitrogens with zero attached hydrogens (tertiary/aromatic N) is 1.